The highest BCUT2D eigenvalue weighted by Gasteiger charge is 2.10. The minimum Gasteiger partial charge on any atom is -0.341 e. The summed E-state index contributed by atoms with van der Waals surface area (Å²) in [6, 6.07) is 4.47. The van der Waals surface area contributed by atoms with E-state index in [0.717, 1.165) is 5.52 Å². The van der Waals surface area contributed by atoms with Crippen molar-refractivity contribution in [1.29, 1.82) is 0 Å². The van der Waals surface area contributed by atoms with Crippen molar-refractivity contribution >= 4 is 28.8 Å². The summed E-state index contributed by atoms with van der Waals surface area (Å²) in [5.74, 6) is -0.470. The molecule has 0 bridgehead atoms. The van der Waals surface area contributed by atoms with Gasteiger partial charge in [-0.1, -0.05) is 11.6 Å². The lowest BCUT2D eigenvalue weighted by Gasteiger charge is -1.99. The van der Waals surface area contributed by atoms with Gasteiger partial charge in [0.15, 0.2) is 6.29 Å². The fourth-order valence-electron chi connectivity index (χ4n) is 1.48. The number of rotatable bonds is 1. The second kappa shape index (κ2) is 3.10. The van der Waals surface area contributed by atoms with Gasteiger partial charge in [0.25, 0.3) is 0 Å². The van der Waals surface area contributed by atoms with Crippen LogP contribution in [-0.2, 0) is 7.05 Å². The molecule has 1 aromatic carbocycles. The van der Waals surface area contributed by atoms with E-state index in [-0.39, 0.29) is 5.02 Å². The van der Waals surface area contributed by atoms with E-state index in [9.17, 15) is 9.18 Å². The third-order valence-corrected chi connectivity index (χ3v) is 2.66. The smallest absolute Gasteiger partial charge is 0.166 e. The number of carbonyl (C=O) groups is 1. The molecule has 2 rings (SSSR count). The summed E-state index contributed by atoms with van der Waals surface area (Å²) in [7, 11) is 1.74. The van der Waals surface area contributed by atoms with Gasteiger partial charge in [-0.05, 0) is 18.2 Å². The molecule has 1 aromatic heterocycles. The van der Waals surface area contributed by atoms with E-state index in [4.69, 9.17) is 11.6 Å². The highest BCUT2D eigenvalue weighted by Crippen LogP contribution is 2.28. The minimum absolute atomic E-state index is 0.0613. The molecule has 0 atom stereocenters. The number of benzene rings is 1. The molecule has 0 fully saturated rings. The monoisotopic (exact) mass is 211 g/mol. The number of carbonyl (C=O) groups excluding carboxylic acids is 1. The molecule has 0 aliphatic rings. The molecule has 0 N–H and O–H groups in total. The molecule has 2 aromatic rings. The van der Waals surface area contributed by atoms with Crippen LogP contribution in [0.25, 0.3) is 10.9 Å². The number of hydrogen-bond acceptors (Lipinski definition) is 1. The average Bonchev–Trinajstić information content (AvgIpc) is 2.50. The van der Waals surface area contributed by atoms with Gasteiger partial charge in [0, 0.05) is 12.4 Å². The Morgan fingerprint density at radius 2 is 2.21 bits per heavy atom. The maximum absolute atomic E-state index is 13.1. The maximum Gasteiger partial charge on any atom is 0.166 e. The molecule has 1 heterocycles. The van der Waals surface area contributed by atoms with Crippen molar-refractivity contribution in [1.82, 2.24) is 4.57 Å². The van der Waals surface area contributed by atoms with Gasteiger partial charge in [0.1, 0.15) is 5.82 Å². The van der Waals surface area contributed by atoms with Crippen molar-refractivity contribution in [2.24, 2.45) is 7.05 Å². The molecule has 0 saturated heterocycles. The Hall–Kier alpha value is -1.35. The molecular weight excluding hydrogens is 205 g/mol. The van der Waals surface area contributed by atoms with Crippen molar-refractivity contribution in [2.75, 3.05) is 0 Å². The van der Waals surface area contributed by atoms with Crippen molar-refractivity contribution in [3.63, 3.8) is 0 Å². The molecule has 72 valence electrons. The van der Waals surface area contributed by atoms with Crippen LogP contribution in [-0.4, -0.2) is 10.9 Å². The fraction of sp³-hybridized carbons (Fsp3) is 0.100. The van der Waals surface area contributed by atoms with Gasteiger partial charge >= 0.3 is 0 Å². The van der Waals surface area contributed by atoms with Gasteiger partial charge in [0.2, 0.25) is 0 Å². The first-order valence-electron chi connectivity index (χ1n) is 4.03. The van der Waals surface area contributed by atoms with Crippen LogP contribution in [0, 0.1) is 5.82 Å². The van der Waals surface area contributed by atoms with Gasteiger partial charge < -0.3 is 4.57 Å². The van der Waals surface area contributed by atoms with E-state index in [1.807, 2.05) is 0 Å². The topological polar surface area (TPSA) is 22.0 Å². The Morgan fingerprint density at radius 1 is 1.50 bits per heavy atom. The standard InChI is InChI=1S/C10H7ClFNO/c1-13-6(5-14)4-7-9(13)3-2-8(12)10(7)11/h2-5H,1H3. The molecule has 0 radical (unpaired) electrons. The summed E-state index contributed by atoms with van der Waals surface area (Å²) >= 11 is 5.76. The Kier molecular flexibility index (Phi) is 2.04. The Morgan fingerprint density at radius 3 is 2.86 bits per heavy atom. The maximum atomic E-state index is 13.1. The van der Waals surface area contributed by atoms with Crippen LogP contribution in [0.15, 0.2) is 18.2 Å². The molecule has 0 aliphatic carbocycles. The van der Waals surface area contributed by atoms with Crippen LogP contribution in [0.3, 0.4) is 0 Å². The second-order valence-electron chi connectivity index (χ2n) is 3.04. The van der Waals surface area contributed by atoms with Crippen LogP contribution in [0.5, 0.6) is 0 Å². The molecule has 0 amide bonds. The number of aryl methyl sites for hydroxylation is 1. The molecule has 0 aliphatic heterocycles. The predicted octanol–water partition coefficient (Wildman–Crippen LogP) is 2.78. The Bertz CT molecular complexity index is 518. The third-order valence-electron chi connectivity index (χ3n) is 2.27. The zero-order valence-corrected chi connectivity index (χ0v) is 8.18. The fourth-order valence-corrected chi connectivity index (χ4v) is 1.70. The zero-order valence-electron chi connectivity index (χ0n) is 7.42. The highest BCUT2D eigenvalue weighted by molar-refractivity contribution is 6.35. The second-order valence-corrected chi connectivity index (χ2v) is 3.42. The van der Waals surface area contributed by atoms with E-state index >= 15 is 0 Å². The van der Waals surface area contributed by atoms with Crippen LogP contribution >= 0.6 is 11.6 Å². The van der Waals surface area contributed by atoms with Crippen molar-refractivity contribution in [2.45, 2.75) is 0 Å². The normalized spacial score (nSPS) is 10.8. The zero-order chi connectivity index (χ0) is 10.3. The number of nitrogens with zero attached hydrogens (tertiary/aromatic N) is 1. The van der Waals surface area contributed by atoms with Gasteiger partial charge in [-0.2, -0.15) is 0 Å². The lowest BCUT2D eigenvalue weighted by atomic mass is 10.2. The largest absolute Gasteiger partial charge is 0.341 e. The summed E-state index contributed by atoms with van der Waals surface area (Å²) in [4.78, 5) is 10.6. The number of fused-ring (bicyclic) bond motifs is 1. The first-order chi connectivity index (χ1) is 6.65. The van der Waals surface area contributed by atoms with E-state index in [0.29, 0.717) is 17.4 Å². The van der Waals surface area contributed by atoms with Crippen LogP contribution in [0.1, 0.15) is 10.5 Å². The van der Waals surface area contributed by atoms with Gasteiger partial charge in [-0.25, -0.2) is 4.39 Å². The first kappa shape index (κ1) is 9.21. The van der Waals surface area contributed by atoms with Gasteiger partial charge in [-0.3, -0.25) is 4.79 Å². The molecule has 0 unspecified atom stereocenters. The average molecular weight is 212 g/mol. The molecule has 0 saturated carbocycles. The Balaban J connectivity index is 2.91. The third kappa shape index (κ3) is 1.13. The number of halogens is 2. The van der Waals surface area contributed by atoms with Crippen LogP contribution < -0.4 is 0 Å². The molecule has 4 heteroatoms. The highest BCUT2D eigenvalue weighted by atomic mass is 35.5. The summed E-state index contributed by atoms with van der Waals surface area (Å²) in [5, 5.41) is 0.627. The quantitative estimate of drug-likeness (QED) is 0.665. The minimum atomic E-state index is -0.470. The lowest BCUT2D eigenvalue weighted by molar-refractivity contribution is 0.111. The molecule has 2 nitrogen and oxygen atoms in total. The van der Waals surface area contributed by atoms with Crippen LogP contribution in [0.4, 0.5) is 4.39 Å². The summed E-state index contributed by atoms with van der Waals surface area (Å²) < 4.78 is 14.7. The lowest BCUT2D eigenvalue weighted by Crippen LogP contribution is -1.93. The van der Waals surface area contributed by atoms with Crippen molar-refractivity contribution in [3.05, 3.63) is 34.7 Å². The molecular formula is C10H7ClFNO. The molecule has 14 heavy (non-hydrogen) atoms. The van der Waals surface area contributed by atoms with E-state index in [1.54, 1.807) is 23.7 Å². The van der Waals surface area contributed by atoms with Crippen molar-refractivity contribution in [3.8, 4) is 0 Å². The first-order valence-corrected chi connectivity index (χ1v) is 4.41. The number of hydrogen-bond donors (Lipinski definition) is 0. The van der Waals surface area contributed by atoms with E-state index < -0.39 is 5.82 Å². The van der Waals surface area contributed by atoms with E-state index in [1.165, 1.54) is 6.07 Å². The molecule has 0 spiro atoms. The summed E-state index contributed by atoms with van der Waals surface area (Å²) in [6.45, 7) is 0. The number of aldehydes is 1. The Labute approximate surface area is 84.9 Å². The van der Waals surface area contributed by atoms with Crippen LogP contribution in [0.2, 0.25) is 5.02 Å². The van der Waals surface area contributed by atoms with Gasteiger partial charge in [0.05, 0.1) is 16.2 Å². The van der Waals surface area contributed by atoms with Gasteiger partial charge in [-0.15, -0.1) is 0 Å². The van der Waals surface area contributed by atoms with E-state index in [2.05, 4.69) is 0 Å². The SMILES string of the molecule is Cn1c(C=O)cc2c(Cl)c(F)ccc21. The van der Waals surface area contributed by atoms with Crippen molar-refractivity contribution < 1.29 is 9.18 Å². The summed E-state index contributed by atoms with van der Waals surface area (Å²) in [6.07, 6.45) is 0.717. The number of aromatic nitrogens is 1. The summed E-state index contributed by atoms with van der Waals surface area (Å²) in [5.41, 5.74) is 1.23. The predicted molar refractivity (Wildman–Crippen MR) is 53.3 cm³/mol.